The van der Waals surface area contributed by atoms with E-state index in [0.717, 1.165) is 17.3 Å². The quantitative estimate of drug-likeness (QED) is 0.519. The molecule has 0 spiro atoms. The second-order valence-corrected chi connectivity index (χ2v) is 8.89. The molecule has 3 aromatic heterocycles. The van der Waals surface area contributed by atoms with E-state index in [-0.39, 0.29) is 12.5 Å². The minimum absolute atomic E-state index is 0.0141. The van der Waals surface area contributed by atoms with Crippen LogP contribution in [0.5, 0.6) is 5.88 Å². The lowest BCUT2D eigenvalue weighted by atomic mass is 10.0. The van der Waals surface area contributed by atoms with Gasteiger partial charge in [0.25, 0.3) is 0 Å². The molecular formula is C21H19ClF3N5O2S. The van der Waals surface area contributed by atoms with E-state index in [0.29, 0.717) is 52.5 Å². The zero-order valence-corrected chi connectivity index (χ0v) is 19.3. The summed E-state index contributed by atoms with van der Waals surface area (Å²) in [6, 6.07) is 5.93. The molecule has 1 aliphatic heterocycles. The summed E-state index contributed by atoms with van der Waals surface area (Å²) in [6.45, 7) is 2.67. The van der Waals surface area contributed by atoms with Gasteiger partial charge >= 0.3 is 11.9 Å². The van der Waals surface area contributed by atoms with E-state index in [1.807, 2.05) is 17.0 Å². The van der Waals surface area contributed by atoms with Gasteiger partial charge in [0.1, 0.15) is 15.7 Å². The third kappa shape index (κ3) is 5.03. The molecular weight excluding hydrogens is 479 g/mol. The minimum Gasteiger partial charge on any atom is -0.480 e. The number of aryl methyl sites for hydroxylation is 1. The number of hydrogen-bond acceptors (Lipinski definition) is 7. The first-order valence-corrected chi connectivity index (χ1v) is 11.1. The largest absolute Gasteiger partial charge is 0.480 e. The molecule has 0 N–H and O–H groups in total. The van der Waals surface area contributed by atoms with Gasteiger partial charge in [-0.25, -0.2) is 9.78 Å². The highest BCUT2D eigenvalue weighted by Gasteiger charge is 2.32. The highest BCUT2D eigenvalue weighted by Crippen LogP contribution is 2.35. The molecule has 0 fully saturated rings. The van der Waals surface area contributed by atoms with Crippen molar-refractivity contribution in [1.82, 2.24) is 19.5 Å². The van der Waals surface area contributed by atoms with Crippen LogP contribution in [0.15, 0.2) is 35.1 Å². The van der Waals surface area contributed by atoms with E-state index >= 15 is 0 Å². The van der Waals surface area contributed by atoms with Crippen LogP contribution < -0.4 is 15.3 Å². The van der Waals surface area contributed by atoms with Gasteiger partial charge in [-0.15, -0.1) is 11.3 Å². The number of pyridine rings is 1. The smallest absolute Gasteiger partial charge is 0.425 e. The fraction of sp³-hybridized carbons (Fsp3) is 0.333. The number of hydrogen-bond donors (Lipinski definition) is 0. The Morgan fingerprint density at radius 3 is 2.58 bits per heavy atom. The van der Waals surface area contributed by atoms with Crippen molar-refractivity contribution in [2.45, 2.75) is 26.1 Å². The van der Waals surface area contributed by atoms with Crippen LogP contribution in [0, 0.1) is 6.92 Å². The van der Waals surface area contributed by atoms with Crippen molar-refractivity contribution in [2.75, 3.05) is 25.1 Å². The van der Waals surface area contributed by atoms with E-state index in [1.165, 1.54) is 17.7 Å². The van der Waals surface area contributed by atoms with Crippen molar-refractivity contribution in [3.63, 3.8) is 0 Å². The Balaban J connectivity index is 1.51. The highest BCUT2D eigenvalue weighted by atomic mass is 35.5. The number of aromatic nitrogens is 4. The Hall–Kier alpha value is -2.92. The SMILES string of the molecule is COc1nc(C2=CCN(c3nc(C)n(Cc4ccc(C(F)(F)F)s4)c(=O)n3)CC2)ccc1Cl. The molecule has 0 aromatic carbocycles. The number of halogens is 4. The number of anilines is 1. The lowest BCUT2D eigenvalue weighted by molar-refractivity contribution is -0.134. The Labute approximate surface area is 196 Å². The second-order valence-electron chi connectivity index (χ2n) is 7.32. The van der Waals surface area contributed by atoms with Gasteiger partial charge in [-0.05, 0) is 43.2 Å². The summed E-state index contributed by atoms with van der Waals surface area (Å²) in [7, 11) is 1.50. The molecule has 4 heterocycles. The molecule has 0 aliphatic carbocycles. The fourth-order valence-corrected chi connectivity index (χ4v) is 4.48. The lowest BCUT2D eigenvalue weighted by Crippen LogP contribution is -2.35. The van der Waals surface area contributed by atoms with Crippen molar-refractivity contribution in [3.8, 4) is 5.88 Å². The maximum Gasteiger partial charge on any atom is 0.425 e. The molecule has 0 radical (unpaired) electrons. The number of methoxy groups -OCH3 is 1. The van der Waals surface area contributed by atoms with E-state index in [2.05, 4.69) is 15.0 Å². The molecule has 3 aromatic rings. The summed E-state index contributed by atoms with van der Waals surface area (Å²) in [5.74, 6) is 1.02. The molecule has 0 amide bonds. The van der Waals surface area contributed by atoms with E-state index in [4.69, 9.17) is 16.3 Å². The first-order chi connectivity index (χ1) is 15.7. The molecule has 7 nitrogen and oxygen atoms in total. The first kappa shape index (κ1) is 23.2. The van der Waals surface area contributed by atoms with Gasteiger partial charge in [0.2, 0.25) is 11.8 Å². The summed E-state index contributed by atoms with van der Waals surface area (Å²) in [6.07, 6.45) is -1.77. The summed E-state index contributed by atoms with van der Waals surface area (Å²) in [4.78, 5) is 27.1. The van der Waals surface area contributed by atoms with Gasteiger partial charge in [-0.2, -0.15) is 23.1 Å². The topological polar surface area (TPSA) is 73.1 Å². The molecule has 33 heavy (non-hydrogen) atoms. The monoisotopic (exact) mass is 497 g/mol. The van der Waals surface area contributed by atoms with Crippen molar-refractivity contribution in [3.05, 3.63) is 67.1 Å². The molecule has 4 rings (SSSR count). The van der Waals surface area contributed by atoms with E-state index in [1.54, 1.807) is 13.0 Å². The predicted octanol–water partition coefficient (Wildman–Crippen LogP) is 4.43. The highest BCUT2D eigenvalue weighted by molar-refractivity contribution is 7.12. The molecule has 0 bridgehead atoms. The van der Waals surface area contributed by atoms with Crippen LogP contribution in [0.4, 0.5) is 19.1 Å². The van der Waals surface area contributed by atoms with Crippen LogP contribution in [0.1, 0.15) is 27.7 Å². The predicted molar refractivity (Wildman–Crippen MR) is 120 cm³/mol. The van der Waals surface area contributed by atoms with Crippen molar-refractivity contribution >= 4 is 34.5 Å². The summed E-state index contributed by atoms with van der Waals surface area (Å²) >= 11 is 6.64. The fourth-order valence-electron chi connectivity index (χ4n) is 3.44. The van der Waals surface area contributed by atoms with Gasteiger partial charge in [-0.1, -0.05) is 17.7 Å². The number of nitrogens with zero attached hydrogens (tertiary/aromatic N) is 5. The van der Waals surface area contributed by atoms with Crippen molar-refractivity contribution in [1.29, 1.82) is 0 Å². The Morgan fingerprint density at radius 2 is 1.97 bits per heavy atom. The average molecular weight is 498 g/mol. The third-order valence-electron chi connectivity index (χ3n) is 5.16. The van der Waals surface area contributed by atoms with Gasteiger partial charge < -0.3 is 9.64 Å². The normalized spacial score (nSPS) is 14.4. The van der Waals surface area contributed by atoms with Gasteiger partial charge in [0, 0.05) is 18.0 Å². The number of ether oxygens (including phenoxy) is 1. The molecule has 0 saturated heterocycles. The Kier molecular flexibility index (Phi) is 6.44. The number of thiophene rings is 1. The zero-order valence-electron chi connectivity index (χ0n) is 17.7. The van der Waals surface area contributed by atoms with E-state index < -0.39 is 16.7 Å². The maximum atomic E-state index is 12.8. The van der Waals surface area contributed by atoms with Crippen molar-refractivity contribution < 1.29 is 17.9 Å². The maximum absolute atomic E-state index is 12.8. The zero-order chi connectivity index (χ0) is 23.8. The van der Waals surface area contributed by atoms with E-state index in [9.17, 15) is 18.0 Å². The van der Waals surface area contributed by atoms with Crippen LogP contribution in [0.2, 0.25) is 5.02 Å². The first-order valence-electron chi connectivity index (χ1n) is 9.92. The van der Waals surface area contributed by atoms with Gasteiger partial charge in [-0.3, -0.25) is 4.57 Å². The molecule has 0 saturated carbocycles. The Morgan fingerprint density at radius 1 is 1.18 bits per heavy atom. The summed E-state index contributed by atoms with van der Waals surface area (Å²) in [5.41, 5.74) is 1.22. The lowest BCUT2D eigenvalue weighted by Gasteiger charge is -2.26. The molecule has 0 atom stereocenters. The average Bonchev–Trinajstić information content (AvgIpc) is 3.26. The van der Waals surface area contributed by atoms with Crippen LogP contribution in [-0.2, 0) is 12.7 Å². The van der Waals surface area contributed by atoms with Crippen LogP contribution in [0.3, 0.4) is 0 Å². The van der Waals surface area contributed by atoms with Crippen LogP contribution in [-0.4, -0.2) is 39.7 Å². The van der Waals surface area contributed by atoms with Crippen LogP contribution >= 0.6 is 22.9 Å². The number of alkyl halides is 3. The molecule has 12 heteroatoms. The minimum atomic E-state index is -4.41. The van der Waals surface area contributed by atoms with Gasteiger partial charge in [0.15, 0.2) is 0 Å². The molecule has 174 valence electrons. The summed E-state index contributed by atoms with van der Waals surface area (Å²) in [5, 5.41) is 0.431. The summed E-state index contributed by atoms with van der Waals surface area (Å²) < 4.78 is 45.0. The number of rotatable bonds is 5. The van der Waals surface area contributed by atoms with Gasteiger partial charge in [0.05, 0.1) is 19.3 Å². The molecule has 1 aliphatic rings. The van der Waals surface area contributed by atoms with Crippen molar-refractivity contribution in [2.24, 2.45) is 0 Å². The van der Waals surface area contributed by atoms with Crippen LogP contribution in [0.25, 0.3) is 5.57 Å². The standard InChI is InChI=1S/C21H19ClF3N5O2S/c1-12-26-19(28-20(31)30(12)11-14-3-6-17(33-14)21(23,24)25)29-9-7-13(8-10-29)16-5-4-15(22)18(27-16)32-2/h3-7H,8-11H2,1-2H3. The second kappa shape index (κ2) is 9.14. The molecule has 0 unspecified atom stereocenters. The third-order valence-corrected chi connectivity index (χ3v) is 6.56. The Bertz CT molecular complexity index is 1270.